The first-order chi connectivity index (χ1) is 9.17. The van der Waals surface area contributed by atoms with Crippen LogP contribution in [0.25, 0.3) is 0 Å². The Labute approximate surface area is 122 Å². The number of alkyl carbamates (subject to hydrolysis) is 1. The van der Waals surface area contributed by atoms with E-state index in [1.165, 1.54) is 6.20 Å². The van der Waals surface area contributed by atoms with Crippen LogP contribution in [0.5, 0.6) is 0 Å². The summed E-state index contributed by atoms with van der Waals surface area (Å²) in [5.41, 5.74) is -0.256. The van der Waals surface area contributed by atoms with Crippen molar-refractivity contribution in [1.29, 1.82) is 0 Å². The van der Waals surface area contributed by atoms with Gasteiger partial charge in [-0.05, 0) is 32.9 Å². The zero-order valence-electron chi connectivity index (χ0n) is 11.5. The van der Waals surface area contributed by atoms with Crippen molar-refractivity contribution >= 4 is 23.7 Å². The van der Waals surface area contributed by atoms with Gasteiger partial charge in [-0.2, -0.15) is 0 Å². The number of rotatable bonds is 4. The molecule has 0 saturated carbocycles. The van der Waals surface area contributed by atoms with Crippen molar-refractivity contribution in [2.45, 2.75) is 38.8 Å². The quantitative estimate of drug-likeness (QED) is 0.892. The van der Waals surface area contributed by atoms with E-state index in [1.807, 2.05) is 0 Å². The number of ether oxygens (including phenoxy) is 1. The van der Waals surface area contributed by atoms with Gasteiger partial charge < -0.3 is 15.2 Å². The Hall–Kier alpha value is -1.82. The zero-order chi connectivity index (χ0) is 15.3. The number of pyridine rings is 1. The molecule has 20 heavy (non-hydrogen) atoms. The van der Waals surface area contributed by atoms with Gasteiger partial charge >= 0.3 is 12.1 Å². The molecule has 0 fully saturated rings. The molecule has 6 nitrogen and oxygen atoms in total. The van der Waals surface area contributed by atoms with Gasteiger partial charge in [-0.25, -0.2) is 4.79 Å². The molecule has 0 aromatic carbocycles. The van der Waals surface area contributed by atoms with Crippen LogP contribution in [0.4, 0.5) is 4.79 Å². The van der Waals surface area contributed by atoms with Crippen LogP contribution >= 0.6 is 11.6 Å². The molecular weight excluding hydrogens is 284 g/mol. The Morgan fingerprint density at radius 3 is 2.55 bits per heavy atom. The fraction of sp³-hybridized carbons (Fsp3) is 0.462. The fourth-order valence-electron chi connectivity index (χ4n) is 1.45. The number of amides is 1. The molecule has 0 radical (unpaired) electrons. The predicted octanol–water partition coefficient (Wildman–Crippen LogP) is 2.78. The smallest absolute Gasteiger partial charge is 0.408 e. The molecule has 0 aliphatic heterocycles. The van der Waals surface area contributed by atoms with E-state index in [0.29, 0.717) is 10.7 Å². The van der Waals surface area contributed by atoms with E-state index in [4.69, 9.17) is 21.4 Å². The number of aliphatic carboxylic acids is 1. The zero-order valence-corrected chi connectivity index (χ0v) is 12.3. The van der Waals surface area contributed by atoms with Crippen LogP contribution in [0.15, 0.2) is 18.3 Å². The molecule has 7 heteroatoms. The molecule has 1 atom stereocenters. The molecule has 2 N–H and O–H groups in total. The maximum Gasteiger partial charge on any atom is 0.408 e. The maximum absolute atomic E-state index is 11.7. The van der Waals surface area contributed by atoms with Gasteiger partial charge in [-0.15, -0.1) is 0 Å². The van der Waals surface area contributed by atoms with Crippen LogP contribution in [0.3, 0.4) is 0 Å². The monoisotopic (exact) mass is 300 g/mol. The second-order valence-electron chi connectivity index (χ2n) is 5.20. The van der Waals surface area contributed by atoms with E-state index >= 15 is 0 Å². The minimum atomic E-state index is -1.05. The van der Waals surface area contributed by atoms with Gasteiger partial charge in [0.25, 0.3) is 0 Å². The summed E-state index contributed by atoms with van der Waals surface area (Å²) >= 11 is 5.72. The van der Waals surface area contributed by atoms with Gasteiger partial charge in [-0.1, -0.05) is 11.6 Å². The van der Waals surface area contributed by atoms with Gasteiger partial charge in [0.1, 0.15) is 5.60 Å². The van der Waals surface area contributed by atoms with Crippen molar-refractivity contribution in [2.75, 3.05) is 0 Å². The first kappa shape index (κ1) is 16.2. The van der Waals surface area contributed by atoms with E-state index in [1.54, 1.807) is 32.9 Å². The largest absolute Gasteiger partial charge is 0.481 e. The number of carboxylic acids is 1. The lowest BCUT2D eigenvalue weighted by Gasteiger charge is -2.22. The van der Waals surface area contributed by atoms with Gasteiger partial charge in [0.15, 0.2) is 0 Å². The van der Waals surface area contributed by atoms with Crippen LogP contribution < -0.4 is 5.32 Å². The summed E-state index contributed by atoms with van der Waals surface area (Å²) in [5, 5.41) is 11.8. The Bertz CT molecular complexity index is 482. The number of nitrogens with zero attached hydrogens (tertiary/aromatic N) is 1. The minimum Gasteiger partial charge on any atom is -0.481 e. The molecule has 1 rings (SSSR count). The SMILES string of the molecule is CC(C)(C)OC(=O)NC(CC(=O)O)c1ccc(Cl)cn1. The standard InChI is InChI=1S/C13H17ClN2O4/c1-13(2,3)20-12(19)16-10(6-11(17)18)9-5-4-8(14)7-15-9/h4-5,7,10H,6H2,1-3H3,(H,16,19)(H,17,18). The average molecular weight is 301 g/mol. The third-order valence-electron chi connectivity index (χ3n) is 2.18. The molecule has 1 heterocycles. The molecule has 110 valence electrons. The van der Waals surface area contributed by atoms with Crippen molar-refractivity contribution in [3.8, 4) is 0 Å². The average Bonchev–Trinajstić information content (AvgIpc) is 2.25. The summed E-state index contributed by atoms with van der Waals surface area (Å²) in [7, 11) is 0. The highest BCUT2D eigenvalue weighted by molar-refractivity contribution is 6.30. The molecule has 1 aromatic rings. The third kappa shape index (κ3) is 5.88. The van der Waals surface area contributed by atoms with E-state index in [2.05, 4.69) is 10.3 Å². The highest BCUT2D eigenvalue weighted by atomic mass is 35.5. The maximum atomic E-state index is 11.7. The van der Waals surface area contributed by atoms with E-state index in [-0.39, 0.29) is 6.42 Å². The molecular formula is C13H17ClN2O4. The number of carbonyl (C=O) groups is 2. The van der Waals surface area contributed by atoms with Gasteiger partial charge in [-0.3, -0.25) is 9.78 Å². The Kier molecular flexibility index (Phi) is 5.33. The van der Waals surface area contributed by atoms with Gasteiger partial charge in [0.2, 0.25) is 0 Å². The molecule has 0 aliphatic rings. The lowest BCUT2D eigenvalue weighted by molar-refractivity contribution is -0.137. The highest BCUT2D eigenvalue weighted by Crippen LogP contribution is 2.18. The second kappa shape index (κ2) is 6.56. The van der Waals surface area contributed by atoms with Crippen LogP contribution in [0.1, 0.15) is 38.9 Å². The van der Waals surface area contributed by atoms with Crippen LogP contribution in [-0.2, 0) is 9.53 Å². The van der Waals surface area contributed by atoms with E-state index in [0.717, 1.165) is 0 Å². The van der Waals surface area contributed by atoms with Gasteiger partial charge in [0, 0.05) is 6.20 Å². The van der Waals surface area contributed by atoms with Crippen molar-refractivity contribution in [3.63, 3.8) is 0 Å². The topological polar surface area (TPSA) is 88.5 Å². The number of nitrogens with one attached hydrogen (secondary N) is 1. The van der Waals surface area contributed by atoms with Crippen molar-refractivity contribution in [3.05, 3.63) is 29.0 Å². The molecule has 0 spiro atoms. The molecule has 1 amide bonds. The molecule has 1 aromatic heterocycles. The summed E-state index contributed by atoms with van der Waals surface area (Å²) in [5.74, 6) is -1.05. The van der Waals surface area contributed by atoms with Gasteiger partial charge in [0.05, 0.1) is 23.2 Å². The number of carboxylic acid groups (broad SMARTS) is 1. The third-order valence-corrected chi connectivity index (χ3v) is 2.40. The van der Waals surface area contributed by atoms with E-state index in [9.17, 15) is 9.59 Å². The first-order valence-corrected chi connectivity index (χ1v) is 6.38. The Morgan fingerprint density at radius 2 is 2.10 bits per heavy atom. The Balaban J connectivity index is 2.82. The van der Waals surface area contributed by atoms with Crippen molar-refractivity contribution < 1.29 is 19.4 Å². The fourth-order valence-corrected chi connectivity index (χ4v) is 1.56. The predicted molar refractivity (Wildman–Crippen MR) is 73.6 cm³/mol. The normalized spacial score (nSPS) is 12.6. The summed E-state index contributed by atoms with van der Waals surface area (Å²) in [6.07, 6.45) is 0.400. The number of hydrogen-bond donors (Lipinski definition) is 2. The molecule has 0 aliphatic carbocycles. The van der Waals surface area contributed by atoms with Crippen LogP contribution in [0.2, 0.25) is 5.02 Å². The first-order valence-electron chi connectivity index (χ1n) is 6.00. The number of carbonyl (C=O) groups excluding carboxylic acids is 1. The molecule has 1 unspecified atom stereocenters. The Morgan fingerprint density at radius 1 is 1.45 bits per heavy atom. The minimum absolute atomic E-state index is 0.298. The van der Waals surface area contributed by atoms with Crippen LogP contribution in [-0.4, -0.2) is 27.8 Å². The summed E-state index contributed by atoms with van der Waals surface area (Å²) in [6.45, 7) is 5.16. The van der Waals surface area contributed by atoms with Crippen LogP contribution in [0, 0.1) is 0 Å². The second-order valence-corrected chi connectivity index (χ2v) is 5.63. The lowest BCUT2D eigenvalue weighted by Crippen LogP contribution is -2.36. The number of halogens is 1. The lowest BCUT2D eigenvalue weighted by atomic mass is 10.1. The summed E-state index contributed by atoms with van der Waals surface area (Å²) in [4.78, 5) is 26.6. The van der Waals surface area contributed by atoms with Crippen molar-refractivity contribution in [1.82, 2.24) is 10.3 Å². The van der Waals surface area contributed by atoms with E-state index < -0.39 is 23.7 Å². The summed E-state index contributed by atoms with van der Waals surface area (Å²) in [6, 6.07) is 2.36. The molecule has 0 bridgehead atoms. The molecule has 0 saturated heterocycles. The van der Waals surface area contributed by atoms with Crippen molar-refractivity contribution in [2.24, 2.45) is 0 Å². The highest BCUT2D eigenvalue weighted by Gasteiger charge is 2.23. The number of aromatic nitrogens is 1. The summed E-state index contributed by atoms with van der Waals surface area (Å²) < 4.78 is 5.10. The number of hydrogen-bond acceptors (Lipinski definition) is 4.